The molecule has 0 radical (unpaired) electrons. The highest BCUT2D eigenvalue weighted by molar-refractivity contribution is 7.15. The van der Waals surface area contributed by atoms with Crippen LogP contribution in [0.15, 0.2) is 24.3 Å². The summed E-state index contributed by atoms with van der Waals surface area (Å²) in [7, 11) is 0. The van der Waals surface area contributed by atoms with Gasteiger partial charge in [0.2, 0.25) is 5.91 Å². The van der Waals surface area contributed by atoms with Crippen molar-refractivity contribution in [3.05, 3.63) is 40.4 Å². The predicted octanol–water partition coefficient (Wildman–Crippen LogP) is 2.76. The van der Waals surface area contributed by atoms with Crippen molar-refractivity contribution in [2.75, 3.05) is 18.5 Å². The molecule has 0 bridgehead atoms. The third-order valence-electron chi connectivity index (χ3n) is 4.71. The number of hydrogen-bond donors (Lipinski definition) is 1. The number of rotatable bonds is 5. The first kappa shape index (κ1) is 17.0. The molecule has 2 heterocycles. The highest BCUT2D eigenvalue weighted by Crippen LogP contribution is 2.33. The number of para-hydroxylation sites is 1. The van der Waals surface area contributed by atoms with Crippen LogP contribution in [0, 0.1) is 12.8 Å². The van der Waals surface area contributed by atoms with Crippen LogP contribution in [0.5, 0.6) is 5.75 Å². The van der Waals surface area contributed by atoms with Crippen LogP contribution in [0.25, 0.3) is 0 Å². The quantitative estimate of drug-likeness (QED) is 0.877. The number of carbonyl (C=O) groups is 2. The number of nitrogens with zero attached hydrogens (tertiary/aromatic N) is 2. The zero-order chi connectivity index (χ0) is 18.1. The van der Waals surface area contributed by atoms with Gasteiger partial charge in [-0.3, -0.25) is 9.59 Å². The lowest BCUT2D eigenvalue weighted by molar-refractivity contribution is -0.134. The van der Waals surface area contributed by atoms with E-state index in [1.165, 1.54) is 11.3 Å². The van der Waals surface area contributed by atoms with E-state index in [0.717, 1.165) is 34.7 Å². The van der Waals surface area contributed by atoms with E-state index < -0.39 is 0 Å². The van der Waals surface area contributed by atoms with Crippen LogP contribution >= 0.6 is 11.3 Å². The summed E-state index contributed by atoms with van der Waals surface area (Å²) in [5.41, 5.74) is 2.00. The van der Waals surface area contributed by atoms with E-state index in [9.17, 15) is 9.59 Å². The highest BCUT2D eigenvalue weighted by atomic mass is 32.1. The van der Waals surface area contributed by atoms with Gasteiger partial charge in [0.1, 0.15) is 5.75 Å². The van der Waals surface area contributed by atoms with Gasteiger partial charge in [-0.2, -0.15) is 0 Å². The molecular formula is C19H21N3O3S. The summed E-state index contributed by atoms with van der Waals surface area (Å²) in [5.74, 6) is 0.931. The van der Waals surface area contributed by atoms with Crippen LogP contribution in [0.4, 0.5) is 5.13 Å². The van der Waals surface area contributed by atoms with Crippen molar-refractivity contribution in [3.63, 3.8) is 0 Å². The fraction of sp³-hybridized carbons (Fsp3) is 0.421. The maximum Gasteiger partial charge on any atom is 0.260 e. The van der Waals surface area contributed by atoms with Crippen molar-refractivity contribution in [2.45, 2.75) is 32.7 Å². The number of hydrogen-bond acceptors (Lipinski definition) is 5. The minimum Gasteiger partial charge on any atom is -0.484 e. The van der Waals surface area contributed by atoms with Crippen molar-refractivity contribution >= 4 is 28.3 Å². The molecule has 0 atom stereocenters. The monoisotopic (exact) mass is 371 g/mol. The lowest BCUT2D eigenvalue weighted by atomic mass is 10.2. The van der Waals surface area contributed by atoms with Crippen molar-refractivity contribution < 1.29 is 14.3 Å². The summed E-state index contributed by atoms with van der Waals surface area (Å²) in [6.07, 6.45) is 2.65. The first-order valence-electron chi connectivity index (χ1n) is 8.86. The van der Waals surface area contributed by atoms with Gasteiger partial charge in [-0.15, -0.1) is 0 Å². The summed E-state index contributed by atoms with van der Waals surface area (Å²) in [5, 5.41) is 3.55. The van der Waals surface area contributed by atoms with Gasteiger partial charge in [0, 0.05) is 23.8 Å². The van der Waals surface area contributed by atoms with Crippen LogP contribution in [0.3, 0.4) is 0 Å². The van der Waals surface area contributed by atoms with Crippen molar-refractivity contribution in [2.24, 2.45) is 5.92 Å². The van der Waals surface area contributed by atoms with Gasteiger partial charge >= 0.3 is 0 Å². The van der Waals surface area contributed by atoms with Crippen LogP contribution in [0.1, 0.15) is 29.0 Å². The van der Waals surface area contributed by atoms with Crippen molar-refractivity contribution in [3.8, 4) is 5.75 Å². The van der Waals surface area contributed by atoms with Gasteiger partial charge < -0.3 is 15.0 Å². The Kier molecular flexibility index (Phi) is 4.63. The standard InChI is InChI=1S/C19H21N3O3S/c1-12-4-2-3-5-15(12)25-11-17(23)22-9-8-14-16(10-22)26-19(20-14)21-18(24)13-6-7-13/h2-5,13H,6-11H2,1H3,(H,20,21,24). The largest absolute Gasteiger partial charge is 0.484 e. The van der Waals surface area contributed by atoms with E-state index in [-0.39, 0.29) is 24.3 Å². The van der Waals surface area contributed by atoms with Crippen LogP contribution in [-0.4, -0.2) is 34.8 Å². The van der Waals surface area contributed by atoms with E-state index in [0.29, 0.717) is 24.6 Å². The second kappa shape index (κ2) is 7.07. The van der Waals surface area contributed by atoms with Gasteiger partial charge in [-0.25, -0.2) is 4.98 Å². The van der Waals surface area contributed by atoms with Gasteiger partial charge in [0.15, 0.2) is 11.7 Å². The Morgan fingerprint density at radius 3 is 2.92 bits per heavy atom. The number of nitrogens with one attached hydrogen (secondary N) is 1. The summed E-state index contributed by atoms with van der Waals surface area (Å²) in [6, 6.07) is 7.67. The first-order valence-corrected chi connectivity index (χ1v) is 9.67. The third-order valence-corrected chi connectivity index (χ3v) is 5.70. The number of carbonyl (C=O) groups excluding carboxylic acids is 2. The maximum atomic E-state index is 12.5. The Bertz CT molecular complexity index is 844. The zero-order valence-corrected chi connectivity index (χ0v) is 15.5. The van der Waals surface area contributed by atoms with Gasteiger partial charge in [0.25, 0.3) is 5.91 Å². The minimum atomic E-state index is -0.0316. The molecule has 6 nitrogen and oxygen atoms in total. The third kappa shape index (κ3) is 3.72. The van der Waals surface area contributed by atoms with E-state index in [4.69, 9.17) is 4.74 Å². The van der Waals surface area contributed by atoms with Crippen LogP contribution in [-0.2, 0) is 22.6 Å². The number of aryl methyl sites for hydroxylation is 1. The molecule has 7 heteroatoms. The van der Waals surface area contributed by atoms with Gasteiger partial charge in [0.05, 0.1) is 12.2 Å². The molecule has 26 heavy (non-hydrogen) atoms. The Morgan fingerprint density at radius 1 is 1.35 bits per heavy atom. The molecule has 0 saturated heterocycles. The number of ether oxygens (including phenoxy) is 1. The molecule has 1 aromatic carbocycles. The molecule has 2 amide bonds. The van der Waals surface area contributed by atoms with Gasteiger partial charge in [-0.1, -0.05) is 29.5 Å². The van der Waals surface area contributed by atoms with Crippen molar-refractivity contribution in [1.29, 1.82) is 0 Å². The Labute approximate surface area is 156 Å². The molecule has 0 unspecified atom stereocenters. The van der Waals surface area contributed by atoms with E-state index in [1.807, 2.05) is 31.2 Å². The number of aromatic nitrogens is 1. The zero-order valence-electron chi connectivity index (χ0n) is 14.7. The summed E-state index contributed by atoms with van der Waals surface area (Å²) < 4.78 is 5.67. The number of thiazole rings is 1. The second-order valence-electron chi connectivity index (χ2n) is 6.77. The van der Waals surface area contributed by atoms with Crippen LogP contribution < -0.4 is 10.1 Å². The fourth-order valence-electron chi connectivity index (χ4n) is 2.96. The lowest BCUT2D eigenvalue weighted by Crippen LogP contribution is -2.38. The summed E-state index contributed by atoms with van der Waals surface area (Å²) in [6.45, 7) is 3.15. The number of benzene rings is 1. The number of anilines is 1. The summed E-state index contributed by atoms with van der Waals surface area (Å²) in [4.78, 5) is 31.7. The topological polar surface area (TPSA) is 71.5 Å². The second-order valence-corrected chi connectivity index (χ2v) is 7.86. The highest BCUT2D eigenvalue weighted by Gasteiger charge is 2.31. The molecule has 1 aliphatic heterocycles. The molecular weight excluding hydrogens is 350 g/mol. The number of amides is 2. The van der Waals surface area contributed by atoms with E-state index >= 15 is 0 Å². The molecule has 4 rings (SSSR count). The van der Waals surface area contributed by atoms with Gasteiger partial charge in [-0.05, 0) is 31.4 Å². The number of fused-ring (bicyclic) bond motifs is 1. The fourth-order valence-corrected chi connectivity index (χ4v) is 3.99. The van der Waals surface area contributed by atoms with E-state index in [2.05, 4.69) is 10.3 Å². The molecule has 0 spiro atoms. The predicted molar refractivity (Wildman–Crippen MR) is 99.3 cm³/mol. The maximum absolute atomic E-state index is 12.5. The lowest BCUT2D eigenvalue weighted by Gasteiger charge is -2.26. The molecule has 2 aromatic rings. The van der Waals surface area contributed by atoms with Crippen molar-refractivity contribution in [1.82, 2.24) is 9.88 Å². The normalized spacial score (nSPS) is 16.1. The molecule has 1 aromatic heterocycles. The Morgan fingerprint density at radius 2 is 2.15 bits per heavy atom. The Hall–Kier alpha value is -2.41. The molecule has 1 N–H and O–H groups in total. The molecule has 1 fully saturated rings. The Balaban J connectivity index is 1.35. The smallest absolute Gasteiger partial charge is 0.260 e. The average molecular weight is 371 g/mol. The first-order chi connectivity index (χ1) is 12.6. The molecule has 2 aliphatic rings. The average Bonchev–Trinajstić information content (AvgIpc) is 3.41. The SMILES string of the molecule is Cc1ccccc1OCC(=O)N1CCc2nc(NC(=O)C3CC3)sc2C1. The molecule has 1 saturated carbocycles. The van der Waals surface area contributed by atoms with E-state index in [1.54, 1.807) is 4.90 Å². The minimum absolute atomic E-state index is 0.0316. The molecule has 1 aliphatic carbocycles. The molecule has 136 valence electrons. The van der Waals surface area contributed by atoms with Crippen LogP contribution in [0.2, 0.25) is 0 Å². The summed E-state index contributed by atoms with van der Waals surface area (Å²) >= 11 is 1.47.